The first-order chi connectivity index (χ1) is 9.25. The number of nitro groups is 1. The lowest BCUT2D eigenvalue weighted by Gasteiger charge is -2.05. The van der Waals surface area contributed by atoms with Gasteiger partial charge in [0.2, 0.25) is 0 Å². The highest BCUT2D eigenvalue weighted by molar-refractivity contribution is 7.13. The van der Waals surface area contributed by atoms with Crippen molar-refractivity contribution in [2.24, 2.45) is 0 Å². The molecule has 0 radical (unpaired) electrons. The number of aromatic nitrogens is 1. The van der Waals surface area contributed by atoms with Gasteiger partial charge in [-0.1, -0.05) is 12.1 Å². The molecular formula is C13H13N3O2S. The Bertz CT molecular complexity index is 605. The Morgan fingerprint density at radius 3 is 3.00 bits per heavy atom. The minimum Gasteiger partial charge on any atom is -0.309 e. The number of nitrogens with one attached hydrogen (secondary N) is 1. The molecule has 2 heterocycles. The zero-order valence-electron chi connectivity index (χ0n) is 10.2. The summed E-state index contributed by atoms with van der Waals surface area (Å²) in [7, 11) is 0. The average Bonchev–Trinajstić information content (AvgIpc) is 3.09. The fraction of sp³-hybridized carbons (Fsp3) is 0.308. The number of hydrogen-bond acceptors (Lipinski definition) is 5. The number of thiazole rings is 1. The third-order valence-electron chi connectivity index (χ3n) is 3.27. The van der Waals surface area contributed by atoms with Gasteiger partial charge in [-0.05, 0) is 25.5 Å². The number of hydrogen-bond donors (Lipinski definition) is 1. The molecule has 1 aliphatic heterocycles. The first-order valence-corrected chi connectivity index (χ1v) is 7.06. The number of nitro benzene ring substituents is 1. The molecule has 1 unspecified atom stereocenters. The number of benzene rings is 1. The van der Waals surface area contributed by atoms with Gasteiger partial charge in [0.05, 0.1) is 22.2 Å². The second kappa shape index (κ2) is 5.07. The fourth-order valence-electron chi connectivity index (χ4n) is 2.32. The minimum absolute atomic E-state index is 0.114. The summed E-state index contributed by atoms with van der Waals surface area (Å²) in [5, 5.41) is 17.1. The Kier molecular flexibility index (Phi) is 3.27. The Morgan fingerprint density at radius 2 is 2.26 bits per heavy atom. The molecule has 1 aromatic carbocycles. The SMILES string of the molecule is O=[N+]([O-])c1ccccc1-c1nc(C2CCCN2)cs1. The molecule has 0 saturated carbocycles. The summed E-state index contributed by atoms with van der Waals surface area (Å²) < 4.78 is 0. The minimum atomic E-state index is -0.357. The van der Waals surface area contributed by atoms with Crippen molar-refractivity contribution in [2.45, 2.75) is 18.9 Å². The maximum Gasteiger partial charge on any atom is 0.279 e. The summed E-state index contributed by atoms with van der Waals surface area (Å²) >= 11 is 1.47. The standard InChI is InChI=1S/C13H13N3O2S/c17-16(18)12-6-2-1-4-9(12)13-15-11(8-19-13)10-5-3-7-14-10/h1-2,4,6,8,10,14H,3,5,7H2. The molecule has 2 aromatic rings. The topological polar surface area (TPSA) is 68.1 Å². The Balaban J connectivity index is 1.96. The van der Waals surface area contributed by atoms with E-state index in [2.05, 4.69) is 10.3 Å². The van der Waals surface area contributed by atoms with Crippen LogP contribution in [0.1, 0.15) is 24.6 Å². The molecule has 1 aromatic heterocycles. The maximum atomic E-state index is 11.0. The summed E-state index contributed by atoms with van der Waals surface area (Å²) in [6, 6.07) is 7.05. The number of para-hydroxylation sites is 1. The molecule has 1 aliphatic rings. The van der Waals surface area contributed by atoms with Crippen LogP contribution in [-0.4, -0.2) is 16.5 Å². The number of nitrogens with zero attached hydrogens (tertiary/aromatic N) is 2. The van der Waals surface area contributed by atoms with Crippen LogP contribution in [0.3, 0.4) is 0 Å². The van der Waals surface area contributed by atoms with E-state index in [1.165, 1.54) is 17.4 Å². The van der Waals surface area contributed by atoms with Crippen LogP contribution in [0.5, 0.6) is 0 Å². The van der Waals surface area contributed by atoms with Crippen LogP contribution in [0.2, 0.25) is 0 Å². The highest BCUT2D eigenvalue weighted by Crippen LogP contribution is 2.34. The van der Waals surface area contributed by atoms with Gasteiger partial charge in [0.25, 0.3) is 5.69 Å². The van der Waals surface area contributed by atoms with Crippen molar-refractivity contribution in [3.8, 4) is 10.6 Å². The van der Waals surface area contributed by atoms with Crippen LogP contribution < -0.4 is 5.32 Å². The molecule has 3 rings (SSSR count). The van der Waals surface area contributed by atoms with Gasteiger partial charge < -0.3 is 5.32 Å². The van der Waals surface area contributed by atoms with E-state index in [1.807, 2.05) is 5.38 Å². The summed E-state index contributed by atoms with van der Waals surface area (Å²) in [5.41, 5.74) is 1.71. The van der Waals surface area contributed by atoms with E-state index in [4.69, 9.17) is 0 Å². The molecule has 1 atom stereocenters. The van der Waals surface area contributed by atoms with Crippen molar-refractivity contribution < 1.29 is 4.92 Å². The molecule has 0 bridgehead atoms. The maximum absolute atomic E-state index is 11.0. The van der Waals surface area contributed by atoms with E-state index in [9.17, 15) is 10.1 Å². The molecule has 98 valence electrons. The van der Waals surface area contributed by atoms with Crippen molar-refractivity contribution in [3.05, 3.63) is 45.5 Å². The molecule has 0 aliphatic carbocycles. The van der Waals surface area contributed by atoms with Crippen LogP contribution in [0.25, 0.3) is 10.6 Å². The molecule has 5 nitrogen and oxygen atoms in total. The van der Waals surface area contributed by atoms with Gasteiger partial charge >= 0.3 is 0 Å². The number of rotatable bonds is 3. The molecule has 0 spiro atoms. The fourth-order valence-corrected chi connectivity index (χ4v) is 3.23. The molecule has 1 saturated heterocycles. The lowest BCUT2D eigenvalue weighted by atomic mass is 10.1. The van der Waals surface area contributed by atoms with Crippen molar-refractivity contribution in [2.75, 3.05) is 6.54 Å². The van der Waals surface area contributed by atoms with Gasteiger partial charge in [-0.3, -0.25) is 10.1 Å². The van der Waals surface area contributed by atoms with Gasteiger partial charge in [-0.15, -0.1) is 11.3 Å². The molecule has 0 amide bonds. The zero-order chi connectivity index (χ0) is 13.2. The van der Waals surface area contributed by atoms with Crippen molar-refractivity contribution >= 4 is 17.0 Å². The molecular weight excluding hydrogens is 262 g/mol. The Labute approximate surface area is 114 Å². The quantitative estimate of drug-likeness (QED) is 0.690. The Hall–Kier alpha value is -1.79. The smallest absolute Gasteiger partial charge is 0.279 e. The van der Waals surface area contributed by atoms with Gasteiger partial charge in [0.15, 0.2) is 0 Å². The van der Waals surface area contributed by atoms with Crippen LogP contribution in [0.15, 0.2) is 29.6 Å². The van der Waals surface area contributed by atoms with E-state index in [0.717, 1.165) is 30.1 Å². The third-order valence-corrected chi connectivity index (χ3v) is 4.16. The summed E-state index contributed by atoms with van der Waals surface area (Å²) in [5.74, 6) is 0. The summed E-state index contributed by atoms with van der Waals surface area (Å²) in [6.07, 6.45) is 2.24. The Morgan fingerprint density at radius 1 is 1.42 bits per heavy atom. The van der Waals surface area contributed by atoms with E-state index in [0.29, 0.717) is 11.6 Å². The highest BCUT2D eigenvalue weighted by Gasteiger charge is 2.21. The van der Waals surface area contributed by atoms with Crippen LogP contribution in [0, 0.1) is 10.1 Å². The highest BCUT2D eigenvalue weighted by atomic mass is 32.1. The normalized spacial score (nSPS) is 18.6. The lowest BCUT2D eigenvalue weighted by Crippen LogP contribution is -2.12. The van der Waals surface area contributed by atoms with E-state index in [-0.39, 0.29) is 10.6 Å². The van der Waals surface area contributed by atoms with Crippen LogP contribution >= 0.6 is 11.3 Å². The second-order valence-corrected chi connectivity index (χ2v) is 5.36. The molecule has 6 heteroatoms. The zero-order valence-corrected chi connectivity index (χ0v) is 11.0. The monoisotopic (exact) mass is 275 g/mol. The van der Waals surface area contributed by atoms with Crippen molar-refractivity contribution in [1.82, 2.24) is 10.3 Å². The van der Waals surface area contributed by atoms with Crippen LogP contribution in [-0.2, 0) is 0 Å². The first-order valence-electron chi connectivity index (χ1n) is 6.18. The average molecular weight is 275 g/mol. The molecule has 1 N–H and O–H groups in total. The van der Waals surface area contributed by atoms with E-state index >= 15 is 0 Å². The van der Waals surface area contributed by atoms with Gasteiger partial charge in [-0.25, -0.2) is 4.98 Å². The summed E-state index contributed by atoms with van der Waals surface area (Å²) in [4.78, 5) is 15.2. The second-order valence-electron chi connectivity index (χ2n) is 4.50. The lowest BCUT2D eigenvalue weighted by molar-refractivity contribution is -0.384. The largest absolute Gasteiger partial charge is 0.309 e. The van der Waals surface area contributed by atoms with Crippen molar-refractivity contribution in [3.63, 3.8) is 0 Å². The predicted molar refractivity (Wildman–Crippen MR) is 74.2 cm³/mol. The first kappa shape index (κ1) is 12.3. The molecule has 19 heavy (non-hydrogen) atoms. The van der Waals surface area contributed by atoms with Gasteiger partial charge in [0.1, 0.15) is 5.01 Å². The van der Waals surface area contributed by atoms with Gasteiger partial charge in [0, 0.05) is 11.4 Å². The van der Waals surface area contributed by atoms with Gasteiger partial charge in [-0.2, -0.15) is 0 Å². The predicted octanol–water partition coefficient (Wildman–Crippen LogP) is 3.14. The third kappa shape index (κ3) is 2.36. The van der Waals surface area contributed by atoms with E-state index in [1.54, 1.807) is 18.2 Å². The van der Waals surface area contributed by atoms with E-state index < -0.39 is 0 Å². The van der Waals surface area contributed by atoms with Crippen LogP contribution in [0.4, 0.5) is 5.69 Å². The summed E-state index contributed by atoms with van der Waals surface area (Å²) in [6.45, 7) is 1.02. The molecule has 1 fully saturated rings. The van der Waals surface area contributed by atoms with Crippen molar-refractivity contribution in [1.29, 1.82) is 0 Å².